The number of hydrogen-bond acceptors (Lipinski definition) is 0. The Morgan fingerprint density at radius 1 is 0.909 bits per heavy atom. The zero-order valence-corrected chi connectivity index (χ0v) is 19.6. The van der Waals surface area contributed by atoms with E-state index >= 15 is 0 Å². The van der Waals surface area contributed by atoms with E-state index in [2.05, 4.69) is 47.8 Å². The van der Waals surface area contributed by atoms with Crippen LogP contribution in [0.3, 0.4) is 0 Å². The Balaban J connectivity index is 2.24. The lowest BCUT2D eigenvalue weighted by Crippen LogP contribution is -2.43. The summed E-state index contributed by atoms with van der Waals surface area (Å²) in [4.78, 5) is -2.49. The van der Waals surface area contributed by atoms with E-state index in [1.54, 1.807) is 0 Å². The zero-order chi connectivity index (χ0) is 16.7. The van der Waals surface area contributed by atoms with Crippen LogP contribution in [-0.4, -0.2) is 14.1 Å². The first-order valence-corrected chi connectivity index (χ1v) is 10.6. The number of hydrogen-bond donors (Lipinski definition) is 0. The van der Waals surface area contributed by atoms with Crippen molar-refractivity contribution >= 4 is 117 Å². The van der Waals surface area contributed by atoms with Crippen molar-refractivity contribution in [2.45, 2.75) is 26.4 Å². The van der Waals surface area contributed by atoms with E-state index in [9.17, 15) is 0 Å². The van der Waals surface area contributed by atoms with Crippen molar-refractivity contribution < 1.29 is 0 Å². The highest BCUT2D eigenvalue weighted by atomic mass is 79.9. The van der Waals surface area contributed by atoms with Gasteiger partial charge >= 0.3 is 0 Å². The van der Waals surface area contributed by atoms with Crippen molar-refractivity contribution in [3.8, 4) is 0 Å². The fraction of sp³-hybridized carbons (Fsp3) is 0.385. The highest BCUT2D eigenvalue weighted by Crippen LogP contribution is 2.76. The van der Waals surface area contributed by atoms with Crippen molar-refractivity contribution in [2.75, 3.05) is 0 Å². The summed E-state index contributed by atoms with van der Waals surface area (Å²) in [5, 5.41) is 0.428. The van der Waals surface area contributed by atoms with Gasteiger partial charge in [0, 0.05) is 19.3 Å². The van der Waals surface area contributed by atoms with Crippen molar-refractivity contribution in [3.63, 3.8) is 0 Å². The molecule has 9 heteroatoms. The highest BCUT2D eigenvalue weighted by Gasteiger charge is 2.78. The predicted octanol–water partition coefficient (Wildman–Crippen LogP) is 8.29. The molecule has 0 N–H and O–H groups in total. The van der Waals surface area contributed by atoms with Crippen LogP contribution in [0.15, 0.2) is 35.6 Å². The number of rotatable bonds is 1. The van der Waals surface area contributed by atoms with Gasteiger partial charge in [0.25, 0.3) is 0 Å². The minimum absolute atomic E-state index is 0.207. The Kier molecular flexibility index (Phi) is 5.01. The Morgan fingerprint density at radius 3 is 2.00 bits per heavy atom. The van der Waals surface area contributed by atoms with Gasteiger partial charge in [0.2, 0.25) is 0 Å². The molecule has 0 aliphatic heterocycles. The molecule has 2 aliphatic rings. The Labute approximate surface area is 183 Å². The topological polar surface area (TPSA) is 0 Å². The van der Waals surface area contributed by atoms with E-state index in [0.29, 0.717) is 6.42 Å². The van der Waals surface area contributed by atoms with E-state index in [4.69, 9.17) is 69.6 Å². The summed E-state index contributed by atoms with van der Waals surface area (Å²) in [6.07, 6.45) is 0.382. The van der Waals surface area contributed by atoms with E-state index in [0.717, 1.165) is 19.0 Å². The molecule has 2 aliphatic carbocycles. The van der Waals surface area contributed by atoms with E-state index < -0.39 is 14.1 Å². The first-order chi connectivity index (χ1) is 10.00. The Morgan fingerprint density at radius 2 is 1.50 bits per heavy atom. The molecule has 0 aromatic heterocycles. The van der Waals surface area contributed by atoms with Gasteiger partial charge in [-0.3, -0.25) is 0 Å². The number of alkyl halides is 4. The molecular weight excluding hydrogens is 609 g/mol. The third-order valence-electron chi connectivity index (χ3n) is 4.22. The minimum atomic E-state index is -1.51. The summed E-state index contributed by atoms with van der Waals surface area (Å²) in [5.74, 6) is -0.296. The van der Waals surface area contributed by atoms with Crippen LogP contribution in [0.2, 0.25) is 0 Å². The van der Waals surface area contributed by atoms with Crippen LogP contribution in [0.4, 0.5) is 0 Å². The molecule has 1 aromatic rings. The fourth-order valence-corrected chi connectivity index (χ4v) is 7.41. The molecule has 3 atom stereocenters. The molecule has 0 radical (unpaired) electrons. The number of fused-ring (bicyclic) bond motifs is 2. The van der Waals surface area contributed by atoms with Gasteiger partial charge in [0.05, 0.1) is 10.1 Å². The van der Waals surface area contributed by atoms with Gasteiger partial charge in [0.1, 0.15) is 9.75 Å². The largest absolute Gasteiger partial charge is 0.166 e. The van der Waals surface area contributed by atoms with E-state index in [1.165, 1.54) is 0 Å². The van der Waals surface area contributed by atoms with Gasteiger partial charge in [-0.05, 0) is 65.8 Å². The second-order valence-corrected chi connectivity index (χ2v) is 11.0. The molecule has 0 heterocycles. The maximum absolute atomic E-state index is 6.82. The second kappa shape index (κ2) is 5.82. The average Bonchev–Trinajstić information content (AvgIpc) is 2.67. The van der Waals surface area contributed by atoms with Gasteiger partial charge in [-0.15, -0.1) is 23.2 Å². The van der Waals surface area contributed by atoms with Crippen LogP contribution >= 0.6 is 117 Å². The molecule has 3 unspecified atom stereocenters. The van der Waals surface area contributed by atoms with Crippen LogP contribution in [0, 0.1) is 0 Å². The molecule has 0 amide bonds. The van der Waals surface area contributed by atoms with Crippen LogP contribution in [0.1, 0.15) is 17.9 Å². The molecule has 0 nitrogen and oxygen atoms in total. The molecule has 0 saturated heterocycles. The maximum atomic E-state index is 6.82. The quantitative estimate of drug-likeness (QED) is 0.221. The van der Waals surface area contributed by atoms with Gasteiger partial charge in [-0.25, -0.2) is 0 Å². The first-order valence-electron chi connectivity index (χ1n) is 5.95. The minimum Gasteiger partial charge on any atom is -0.110 e. The van der Waals surface area contributed by atoms with Crippen LogP contribution < -0.4 is 0 Å². The summed E-state index contributed by atoms with van der Waals surface area (Å²) < 4.78 is 1.08. The summed E-state index contributed by atoms with van der Waals surface area (Å²) >= 11 is 49.7. The van der Waals surface area contributed by atoms with Crippen LogP contribution in [-0.2, 0) is 0 Å². The van der Waals surface area contributed by atoms with Gasteiger partial charge < -0.3 is 0 Å². The van der Waals surface area contributed by atoms with Crippen LogP contribution in [0.5, 0.6) is 0 Å². The van der Waals surface area contributed by atoms with Crippen LogP contribution in [0.25, 0.3) is 0 Å². The van der Waals surface area contributed by atoms with Crippen molar-refractivity contribution in [2.24, 2.45) is 0 Å². The number of halogens is 9. The summed E-state index contributed by atoms with van der Waals surface area (Å²) in [5.41, 5.74) is 0.903. The summed E-state index contributed by atoms with van der Waals surface area (Å²) in [6.45, 7) is 0. The molecule has 1 fully saturated rings. The third kappa shape index (κ3) is 2.13. The normalized spacial score (nSPS) is 36.3. The standard InChI is InChI=1S/C13H5Br3Cl6/c14-6-2-1-4(7(15)8(6)16)5-3-11(19)9(17)10(18)12(5,20)13(11,21)22/h1-2,5H,3H2. The molecule has 1 saturated carbocycles. The fourth-order valence-electron chi connectivity index (χ4n) is 3.04. The zero-order valence-electron chi connectivity index (χ0n) is 10.3. The van der Waals surface area contributed by atoms with Gasteiger partial charge in [-0.1, -0.05) is 52.5 Å². The molecule has 3 rings (SSSR count). The smallest absolute Gasteiger partial charge is 0.110 e. The van der Waals surface area contributed by atoms with Gasteiger partial charge in [-0.2, -0.15) is 0 Å². The molecule has 0 spiro atoms. The molecular formula is C13H5Br3Cl6. The molecule has 1 aromatic carbocycles. The molecule has 120 valence electrons. The predicted molar refractivity (Wildman–Crippen MR) is 107 cm³/mol. The van der Waals surface area contributed by atoms with Crippen molar-refractivity contribution in [1.29, 1.82) is 0 Å². The second-order valence-electron chi connectivity index (χ2n) is 5.24. The number of benzene rings is 1. The lowest BCUT2D eigenvalue weighted by molar-refractivity contribution is 0.598. The van der Waals surface area contributed by atoms with E-state index in [1.807, 2.05) is 12.1 Å². The Hall–Kier alpha value is 2.14. The summed E-state index contributed by atoms with van der Waals surface area (Å²) in [6, 6.07) is 3.83. The lowest BCUT2D eigenvalue weighted by Gasteiger charge is -2.34. The average molecular weight is 614 g/mol. The molecule has 22 heavy (non-hydrogen) atoms. The van der Waals surface area contributed by atoms with E-state index in [-0.39, 0.29) is 16.0 Å². The van der Waals surface area contributed by atoms with Crippen molar-refractivity contribution in [3.05, 3.63) is 41.2 Å². The third-order valence-corrected chi connectivity index (χ3v) is 11.9. The first kappa shape index (κ1) is 18.9. The Bertz CT molecular complexity index is 718. The molecule has 2 bridgehead atoms. The maximum Gasteiger partial charge on any atom is 0.166 e. The highest BCUT2D eigenvalue weighted by molar-refractivity contribution is 9.14. The number of allylic oxidation sites excluding steroid dienone is 2. The van der Waals surface area contributed by atoms with Crippen molar-refractivity contribution in [1.82, 2.24) is 0 Å². The lowest BCUT2D eigenvalue weighted by atomic mass is 9.86. The summed E-state index contributed by atoms with van der Waals surface area (Å²) in [7, 11) is 0. The van der Waals surface area contributed by atoms with Gasteiger partial charge in [0.15, 0.2) is 4.33 Å². The monoisotopic (exact) mass is 608 g/mol. The SMILES string of the molecule is ClC1=C(Cl)C2(Cl)C(c3ccc(Br)c(Br)c3Br)CC1(Cl)C2(Cl)Cl.